The molecule has 0 N–H and O–H groups in total. The van der Waals surface area contributed by atoms with Crippen molar-refractivity contribution >= 4 is 70.3 Å². The summed E-state index contributed by atoms with van der Waals surface area (Å²) in [5.74, 6) is 0.341. The van der Waals surface area contributed by atoms with E-state index in [0.29, 0.717) is 5.92 Å². The van der Waals surface area contributed by atoms with Crippen molar-refractivity contribution < 1.29 is 0 Å². The van der Waals surface area contributed by atoms with Gasteiger partial charge in [-0.25, -0.2) is 0 Å². The molecule has 10 rings (SSSR count). The number of nitrogens with zero attached hydrogens (tertiary/aromatic N) is 2. The SMILES string of the molecule is Cc1ccc2c(c1)sc1cc(C3C=Cc4c(c5cc(C)ccc5n4-c4ccc(-n5c6ccc(C)cc6c6cc(C)ccc65)cc4)C3)ccc12. The minimum atomic E-state index is 0.341. The van der Waals surface area contributed by atoms with E-state index in [9.17, 15) is 0 Å². The fraction of sp³-hybridized carbons (Fsp3) is 0.130. The van der Waals surface area contributed by atoms with Gasteiger partial charge in [-0.1, -0.05) is 65.2 Å². The zero-order chi connectivity index (χ0) is 33.0. The van der Waals surface area contributed by atoms with Crippen LogP contribution in [0.5, 0.6) is 0 Å². The fourth-order valence-electron chi connectivity index (χ4n) is 8.29. The Morgan fingerprint density at radius 2 is 1.00 bits per heavy atom. The first-order chi connectivity index (χ1) is 23.9. The molecule has 3 aromatic heterocycles. The van der Waals surface area contributed by atoms with Crippen molar-refractivity contribution in [1.29, 1.82) is 0 Å². The molecule has 1 atom stereocenters. The predicted molar refractivity (Wildman–Crippen MR) is 211 cm³/mol. The number of thiophene rings is 1. The fourth-order valence-corrected chi connectivity index (χ4v) is 9.55. The van der Waals surface area contributed by atoms with Crippen molar-refractivity contribution in [2.75, 3.05) is 0 Å². The Hall–Kier alpha value is -5.38. The largest absolute Gasteiger partial charge is 0.310 e. The summed E-state index contributed by atoms with van der Waals surface area (Å²) in [7, 11) is 0. The van der Waals surface area contributed by atoms with E-state index in [2.05, 4.69) is 164 Å². The standard InChI is InChI=1S/C46H36N2S/c1-27-6-17-41-37(21-27)38-22-28(2)7-18-42(38)47(41)33-11-13-34(14-12-33)48-43-19-8-29(3)23-39(43)40-25-31(10-20-44(40)48)32-9-16-36-35-15-5-30(4)24-45(35)49-46(36)26-32/h5-24,26,31H,25H2,1-4H3. The first-order valence-corrected chi connectivity index (χ1v) is 18.1. The summed E-state index contributed by atoms with van der Waals surface area (Å²) in [5.41, 5.74) is 15.5. The van der Waals surface area contributed by atoms with Crippen LogP contribution in [-0.4, -0.2) is 9.13 Å². The molecule has 1 aliphatic carbocycles. The van der Waals surface area contributed by atoms with Gasteiger partial charge in [0.2, 0.25) is 0 Å². The Morgan fingerprint density at radius 1 is 0.490 bits per heavy atom. The maximum absolute atomic E-state index is 2.47. The van der Waals surface area contributed by atoms with Gasteiger partial charge >= 0.3 is 0 Å². The number of benzene rings is 6. The third-order valence-corrected chi connectivity index (χ3v) is 11.8. The second-order valence-electron chi connectivity index (χ2n) is 14.1. The molecule has 49 heavy (non-hydrogen) atoms. The van der Waals surface area contributed by atoms with E-state index in [0.717, 1.165) is 6.42 Å². The molecule has 0 fully saturated rings. The van der Waals surface area contributed by atoms with E-state index in [-0.39, 0.29) is 0 Å². The molecule has 236 valence electrons. The van der Waals surface area contributed by atoms with E-state index in [4.69, 9.17) is 0 Å². The quantitative estimate of drug-likeness (QED) is 0.180. The van der Waals surface area contributed by atoms with Crippen LogP contribution in [-0.2, 0) is 6.42 Å². The van der Waals surface area contributed by atoms with Crippen LogP contribution >= 0.6 is 11.3 Å². The number of aryl methyl sites for hydroxylation is 4. The molecule has 0 amide bonds. The van der Waals surface area contributed by atoms with Gasteiger partial charge in [-0.3, -0.25) is 0 Å². The Bertz CT molecular complexity index is 2780. The van der Waals surface area contributed by atoms with Crippen LogP contribution in [0, 0.1) is 27.7 Å². The first kappa shape index (κ1) is 28.6. The van der Waals surface area contributed by atoms with Crippen LogP contribution in [0.1, 0.15) is 45.0 Å². The number of hydrogen-bond acceptors (Lipinski definition) is 1. The van der Waals surface area contributed by atoms with Crippen LogP contribution in [0.4, 0.5) is 0 Å². The second-order valence-corrected chi connectivity index (χ2v) is 15.2. The summed E-state index contributed by atoms with van der Waals surface area (Å²) in [5, 5.41) is 6.72. The third-order valence-electron chi connectivity index (χ3n) is 10.7. The molecule has 3 heteroatoms. The summed E-state index contributed by atoms with van der Waals surface area (Å²) < 4.78 is 7.64. The number of fused-ring (bicyclic) bond motifs is 9. The van der Waals surface area contributed by atoms with Crippen molar-refractivity contribution in [2.45, 2.75) is 40.0 Å². The summed E-state index contributed by atoms with van der Waals surface area (Å²) in [4.78, 5) is 0. The zero-order valence-corrected chi connectivity index (χ0v) is 29.0. The smallest absolute Gasteiger partial charge is 0.0541 e. The van der Waals surface area contributed by atoms with E-state index in [1.807, 2.05) is 11.3 Å². The van der Waals surface area contributed by atoms with Crippen LogP contribution in [0.2, 0.25) is 0 Å². The van der Waals surface area contributed by atoms with Crippen molar-refractivity contribution in [3.05, 3.63) is 160 Å². The lowest BCUT2D eigenvalue weighted by Crippen LogP contribution is -2.07. The molecule has 0 spiro atoms. The minimum absolute atomic E-state index is 0.341. The minimum Gasteiger partial charge on any atom is -0.310 e. The highest BCUT2D eigenvalue weighted by molar-refractivity contribution is 7.25. The highest BCUT2D eigenvalue weighted by atomic mass is 32.1. The molecule has 0 saturated carbocycles. The first-order valence-electron chi connectivity index (χ1n) is 17.3. The highest BCUT2D eigenvalue weighted by Gasteiger charge is 2.24. The summed E-state index contributed by atoms with van der Waals surface area (Å²) >= 11 is 1.92. The highest BCUT2D eigenvalue weighted by Crippen LogP contribution is 2.42. The van der Waals surface area contributed by atoms with E-state index >= 15 is 0 Å². The molecule has 0 saturated heterocycles. The van der Waals surface area contributed by atoms with E-state index in [1.54, 1.807) is 0 Å². The topological polar surface area (TPSA) is 9.86 Å². The number of aromatic nitrogens is 2. The van der Waals surface area contributed by atoms with E-state index < -0.39 is 0 Å². The second kappa shape index (κ2) is 10.6. The maximum Gasteiger partial charge on any atom is 0.0541 e. The van der Waals surface area contributed by atoms with Crippen LogP contribution in [0.15, 0.2) is 121 Å². The van der Waals surface area contributed by atoms with Gasteiger partial charge in [0, 0.05) is 59.3 Å². The van der Waals surface area contributed by atoms with Crippen molar-refractivity contribution in [1.82, 2.24) is 9.13 Å². The lowest BCUT2D eigenvalue weighted by atomic mass is 9.86. The Labute approximate surface area is 290 Å². The molecular formula is C46H36N2S. The summed E-state index contributed by atoms with van der Waals surface area (Å²) in [6.07, 6.45) is 5.80. The summed E-state index contributed by atoms with van der Waals surface area (Å²) in [6, 6.07) is 43.7. The van der Waals surface area contributed by atoms with Gasteiger partial charge in [-0.15, -0.1) is 11.3 Å². The van der Waals surface area contributed by atoms with Gasteiger partial charge in [0.1, 0.15) is 0 Å². The third kappa shape index (κ3) is 4.39. The van der Waals surface area contributed by atoms with Gasteiger partial charge in [0.15, 0.2) is 0 Å². The molecule has 3 heterocycles. The zero-order valence-electron chi connectivity index (χ0n) is 28.2. The van der Waals surface area contributed by atoms with Crippen molar-refractivity contribution in [2.24, 2.45) is 0 Å². The molecule has 0 radical (unpaired) electrons. The molecule has 1 aliphatic rings. The van der Waals surface area contributed by atoms with Crippen LogP contribution in [0.3, 0.4) is 0 Å². The predicted octanol–water partition coefficient (Wildman–Crippen LogP) is 12.7. The Balaban J connectivity index is 1.07. The monoisotopic (exact) mass is 648 g/mol. The lowest BCUT2D eigenvalue weighted by molar-refractivity contribution is 0.827. The molecule has 6 aromatic carbocycles. The summed E-state index contributed by atoms with van der Waals surface area (Å²) in [6.45, 7) is 8.75. The molecule has 2 nitrogen and oxygen atoms in total. The van der Waals surface area contributed by atoms with Gasteiger partial charge in [-0.05, 0) is 130 Å². The number of rotatable bonds is 3. The molecule has 9 aromatic rings. The van der Waals surface area contributed by atoms with E-state index in [1.165, 1.54) is 103 Å². The van der Waals surface area contributed by atoms with Gasteiger partial charge in [0.25, 0.3) is 0 Å². The molecule has 0 bridgehead atoms. The van der Waals surface area contributed by atoms with Gasteiger partial charge in [0.05, 0.1) is 16.6 Å². The average molecular weight is 649 g/mol. The Kier molecular flexibility index (Phi) is 6.17. The average Bonchev–Trinajstić information content (AvgIpc) is 3.74. The molecule has 1 unspecified atom stereocenters. The lowest BCUT2D eigenvalue weighted by Gasteiger charge is -2.20. The number of hydrogen-bond donors (Lipinski definition) is 0. The van der Waals surface area contributed by atoms with Crippen molar-refractivity contribution in [3.63, 3.8) is 0 Å². The maximum atomic E-state index is 2.47. The van der Waals surface area contributed by atoms with Crippen molar-refractivity contribution in [3.8, 4) is 11.4 Å². The molecular weight excluding hydrogens is 613 g/mol. The molecule has 0 aliphatic heterocycles. The van der Waals surface area contributed by atoms with Crippen LogP contribution < -0.4 is 0 Å². The Morgan fingerprint density at radius 3 is 1.65 bits per heavy atom. The van der Waals surface area contributed by atoms with Crippen LogP contribution in [0.25, 0.3) is 70.3 Å². The van der Waals surface area contributed by atoms with Gasteiger partial charge < -0.3 is 9.13 Å². The van der Waals surface area contributed by atoms with Gasteiger partial charge in [-0.2, -0.15) is 0 Å². The normalized spacial score (nSPS) is 14.6. The number of allylic oxidation sites excluding steroid dienone is 1.